The fraction of sp³-hybridized carbons (Fsp3) is 0.190. The predicted molar refractivity (Wildman–Crippen MR) is 108 cm³/mol. The summed E-state index contributed by atoms with van der Waals surface area (Å²) in [6, 6.07) is 10.8. The number of carboxylic acids is 1. The number of hydrogen-bond acceptors (Lipinski definition) is 6. The molecule has 0 saturated carbocycles. The van der Waals surface area contributed by atoms with Crippen LogP contribution in [-0.2, 0) is 0 Å². The lowest BCUT2D eigenvalue weighted by Crippen LogP contribution is -2.36. The average molecular weight is 395 g/mol. The number of anilines is 1. The van der Waals surface area contributed by atoms with Gasteiger partial charge in [0, 0.05) is 5.56 Å². The minimum atomic E-state index is -1.16. The van der Waals surface area contributed by atoms with Crippen LogP contribution >= 0.6 is 0 Å². The molecule has 1 amide bonds. The van der Waals surface area contributed by atoms with Crippen LogP contribution in [0.5, 0.6) is 11.5 Å². The number of nitrogens with two attached hydrogens (primary N) is 1. The Morgan fingerprint density at radius 2 is 1.97 bits per heavy atom. The van der Waals surface area contributed by atoms with Gasteiger partial charge in [0.2, 0.25) is 0 Å². The zero-order chi connectivity index (χ0) is 21.1. The Labute approximate surface area is 166 Å². The molecule has 2 aromatic carbocycles. The lowest BCUT2D eigenvalue weighted by atomic mass is 10.1. The molecule has 5 N–H and O–H groups in total. The fourth-order valence-corrected chi connectivity index (χ4v) is 3.04. The number of benzene rings is 2. The van der Waals surface area contributed by atoms with Gasteiger partial charge in [-0.15, -0.1) is 0 Å². The number of phenolic OH excluding ortho intramolecular Hbond substituents is 1. The third kappa shape index (κ3) is 4.21. The van der Waals surface area contributed by atoms with E-state index in [1.54, 1.807) is 44.2 Å². The van der Waals surface area contributed by atoms with Crippen LogP contribution in [0.3, 0.4) is 0 Å². The number of carbonyl (C=O) groups excluding carboxylic acids is 1. The van der Waals surface area contributed by atoms with E-state index in [0.29, 0.717) is 27.9 Å². The van der Waals surface area contributed by atoms with Crippen molar-refractivity contribution in [1.82, 2.24) is 10.3 Å². The van der Waals surface area contributed by atoms with Crippen LogP contribution in [0.2, 0.25) is 0 Å². The molecule has 0 aliphatic rings. The summed E-state index contributed by atoms with van der Waals surface area (Å²) in [5, 5.41) is 22.1. The van der Waals surface area contributed by atoms with Gasteiger partial charge in [0.25, 0.3) is 5.91 Å². The van der Waals surface area contributed by atoms with E-state index >= 15 is 0 Å². The highest BCUT2D eigenvalue weighted by molar-refractivity contribution is 6.06. The van der Waals surface area contributed by atoms with Crippen molar-refractivity contribution < 1.29 is 24.5 Å². The van der Waals surface area contributed by atoms with Crippen molar-refractivity contribution in [2.45, 2.75) is 19.9 Å². The second-order valence-electron chi connectivity index (χ2n) is 6.68. The Hall–Kier alpha value is -3.81. The maximum absolute atomic E-state index is 12.3. The van der Waals surface area contributed by atoms with Gasteiger partial charge in [0.05, 0.1) is 28.3 Å². The van der Waals surface area contributed by atoms with Gasteiger partial charge in [-0.3, -0.25) is 9.78 Å². The van der Waals surface area contributed by atoms with Gasteiger partial charge < -0.3 is 26.0 Å². The molecule has 1 aromatic heterocycles. The zero-order valence-corrected chi connectivity index (χ0v) is 16.0. The number of aryl methyl sites for hydroxylation is 1. The summed E-state index contributed by atoms with van der Waals surface area (Å²) < 4.78 is 5.82. The number of phenols is 1. The second-order valence-corrected chi connectivity index (χ2v) is 6.68. The van der Waals surface area contributed by atoms with Gasteiger partial charge in [-0.1, -0.05) is 12.1 Å². The van der Waals surface area contributed by atoms with Crippen LogP contribution in [0.1, 0.15) is 33.3 Å². The molecule has 29 heavy (non-hydrogen) atoms. The second kappa shape index (κ2) is 8.05. The Bertz CT molecular complexity index is 1100. The van der Waals surface area contributed by atoms with E-state index in [-0.39, 0.29) is 35.6 Å². The summed E-state index contributed by atoms with van der Waals surface area (Å²) in [7, 11) is 0. The minimum absolute atomic E-state index is 0.00446. The van der Waals surface area contributed by atoms with Gasteiger partial charge in [-0.2, -0.15) is 0 Å². The Morgan fingerprint density at radius 3 is 2.66 bits per heavy atom. The maximum atomic E-state index is 12.3. The number of pyridine rings is 1. The van der Waals surface area contributed by atoms with Crippen LogP contribution in [-0.4, -0.2) is 39.7 Å². The van der Waals surface area contributed by atoms with Gasteiger partial charge >= 0.3 is 5.97 Å². The van der Waals surface area contributed by atoms with Crippen molar-refractivity contribution in [3.8, 4) is 11.5 Å². The average Bonchev–Trinajstić information content (AvgIpc) is 2.65. The summed E-state index contributed by atoms with van der Waals surface area (Å²) in [6.45, 7) is 3.48. The van der Waals surface area contributed by atoms with Crippen LogP contribution in [0.15, 0.2) is 42.5 Å². The van der Waals surface area contributed by atoms with Crippen LogP contribution in [0.25, 0.3) is 10.9 Å². The number of carboxylic acid groups (broad SMARTS) is 1. The summed E-state index contributed by atoms with van der Waals surface area (Å²) >= 11 is 0. The van der Waals surface area contributed by atoms with Crippen molar-refractivity contribution in [2.75, 3.05) is 12.3 Å². The predicted octanol–water partition coefficient (Wildman–Crippen LogP) is 2.73. The highest BCUT2D eigenvalue weighted by Gasteiger charge is 2.19. The molecule has 150 valence electrons. The first-order valence-corrected chi connectivity index (χ1v) is 8.92. The molecule has 0 aliphatic heterocycles. The van der Waals surface area contributed by atoms with Crippen molar-refractivity contribution in [2.24, 2.45) is 0 Å². The zero-order valence-electron chi connectivity index (χ0n) is 16.0. The number of ether oxygens (including phenoxy) is 1. The maximum Gasteiger partial charge on any atom is 0.339 e. The number of rotatable bonds is 6. The van der Waals surface area contributed by atoms with Crippen LogP contribution < -0.4 is 15.8 Å². The van der Waals surface area contributed by atoms with Gasteiger partial charge in [0.15, 0.2) is 0 Å². The molecular weight excluding hydrogens is 374 g/mol. The standard InChI is InChI=1S/C21H21N3O5/c1-11(23-20(26)13-5-3-6-14(25)9-13)10-29-16-8-4-7-15-18(16)19(22)17(21(27)28)12(2)24-15/h3-9,11,25H,10H2,1-2H3,(H2,22,24)(H,23,26)(H,27,28)/t11-/m1/s1. The van der Waals surface area contributed by atoms with E-state index in [4.69, 9.17) is 10.5 Å². The van der Waals surface area contributed by atoms with Gasteiger partial charge in [0.1, 0.15) is 23.7 Å². The Kier molecular flexibility index (Phi) is 5.54. The van der Waals surface area contributed by atoms with Crippen molar-refractivity contribution >= 4 is 28.5 Å². The third-order valence-corrected chi connectivity index (χ3v) is 4.38. The van der Waals surface area contributed by atoms with Crippen molar-refractivity contribution in [3.05, 3.63) is 59.3 Å². The number of amides is 1. The van der Waals surface area contributed by atoms with Crippen molar-refractivity contribution in [3.63, 3.8) is 0 Å². The van der Waals surface area contributed by atoms with Gasteiger partial charge in [-0.05, 0) is 44.2 Å². The molecule has 3 rings (SSSR count). The number of nitrogen functional groups attached to an aromatic ring is 1. The molecular formula is C21H21N3O5. The first kappa shape index (κ1) is 19.9. The molecule has 1 heterocycles. The monoisotopic (exact) mass is 395 g/mol. The summed E-state index contributed by atoms with van der Waals surface area (Å²) in [5.74, 6) is -1.12. The van der Waals surface area contributed by atoms with E-state index in [9.17, 15) is 19.8 Å². The van der Waals surface area contributed by atoms with E-state index in [1.165, 1.54) is 12.1 Å². The first-order chi connectivity index (χ1) is 13.8. The normalized spacial score (nSPS) is 11.8. The Balaban J connectivity index is 1.79. The number of carbonyl (C=O) groups is 2. The molecule has 0 bridgehead atoms. The van der Waals surface area contributed by atoms with E-state index in [1.807, 2.05) is 0 Å². The third-order valence-electron chi connectivity index (χ3n) is 4.38. The molecule has 0 radical (unpaired) electrons. The van der Waals surface area contributed by atoms with E-state index in [2.05, 4.69) is 10.3 Å². The number of aromatic hydroxyl groups is 1. The molecule has 0 unspecified atom stereocenters. The fourth-order valence-electron chi connectivity index (χ4n) is 3.04. The van der Waals surface area contributed by atoms with E-state index < -0.39 is 5.97 Å². The SMILES string of the molecule is Cc1nc2cccc(OC[C@@H](C)NC(=O)c3cccc(O)c3)c2c(N)c1C(=O)O. The number of hydrogen-bond donors (Lipinski definition) is 4. The summed E-state index contributed by atoms with van der Waals surface area (Å²) in [6.07, 6.45) is 0. The van der Waals surface area contributed by atoms with Crippen LogP contribution in [0.4, 0.5) is 5.69 Å². The number of aromatic carboxylic acids is 1. The Morgan fingerprint density at radius 1 is 1.24 bits per heavy atom. The number of fused-ring (bicyclic) bond motifs is 1. The molecule has 1 atom stereocenters. The highest BCUT2D eigenvalue weighted by atomic mass is 16.5. The van der Waals surface area contributed by atoms with Crippen LogP contribution in [0, 0.1) is 6.92 Å². The minimum Gasteiger partial charge on any atom is -0.508 e. The first-order valence-electron chi connectivity index (χ1n) is 8.92. The highest BCUT2D eigenvalue weighted by Crippen LogP contribution is 2.33. The van der Waals surface area contributed by atoms with Gasteiger partial charge in [-0.25, -0.2) is 4.79 Å². The topological polar surface area (TPSA) is 135 Å². The molecule has 0 spiro atoms. The molecule has 0 saturated heterocycles. The number of nitrogens with one attached hydrogen (secondary N) is 1. The number of nitrogens with zero attached hydrogens (tertiary/aromatic N) is 1. The molecule has 0 aliphatic carbocycles. The smallest absolute Gasteiger partial charge is 0.339 e. The number of aromatic nitrogens is 1. The largest absolute Gasteiger partial charge is 0.508 e. The molecule has 3 aromatic rings. The summed E-state index contributed by atoms with van der Waals surface area (Å²) in [5.41, 5.74) is 7.32. The molecule has 0 fully saturated rings. The molecule has 8 nitrogen and oxygen atoms in total. The lowest BCUT2D eigenvalue weighted by Gasteiger charge is -2.17. The van der Waals surface area contributed by atoms with Crippen molar-refractivity contribution in [1.29, 1.82) is 0 Å². The summed E-state index contributed by atoms with van der Waals surface area (Å²) in [4.78, 5) is 28.1. The van der Waals surface area contributed by atoms with E-state index in [0.717, 1.165) is 0 Å². The quantitative estimate of drug-likeness (QED) is 0.504. The molecule has 8 heteroatoms. The lowest BCUT2D eigenvalue weighted by molar-refractivity contribution is 0.0696.